The number of para-hydroxylation sites is 1. The molecule has 128 valence electrons. The summed E-state index contributed by atoms with van der Waals surface area (Å²) >= 11 is 0. The van der Waals surface area contributed by atoms with Gasteiger partial charge in [-0.3, -0.25) is 25.5 Å². The minimum atomic E-state index is -0.582. The molecule has 0 spiro atoms. The van der Waals surface area contributed by atoms with Gasteiger partial charge in [0.1, 0.15) is 0 Å². The number of H-pyrrole nitrogens is 1. The molecule has 2 heterocycles. The molecule has 0 aliphatic heterocycles. The Morgan fingerprint density at radius 2 is 1.77 bits per heavy atom. The van der Waals surface area contributed by atoms with E-state index in [2.05, 4.69) is 26.2 Å². The molecule has 0 aliphatic carbocycles. The Bertz CT molecular complexity index is 1080. The number of aromatic amines is 1. The summed E-state index contributed by atoms with van der Waals surface area (Å²) in [6.45, 7) is 0. The lowest BCUT2D eigenvalue weighted by Gasteiger charge is -2.06. The Morgan fingerprint density at radius 1 is 0.962 bits per heavy atom. The number of hydrogen-bond acceptors (Lipinski definition) is 5. The van der Waals surface area contributed by atoms with Crippen molar-refractivity contribution in [2.45, 2.75) is 0 Å². The van der Waals surface area contributed by atoms with Crippen LogP contribution in [0.1, 0.15) is 20.8 Å². The molecule has 0 radical (unpaired) electrons. The zero-order valence-corrected chi connectivity index (χ0v) is 13.4. The lowest BCUT2D eigenvalue weighted by Crippen LogP contribution is -2.41. The van der Waals surface area contributed by atoms with E-state index < -0.39 is 11.8 Å². The van der Waals surface area contributed by atoms with E-state index in [0.717, 1.165) is 10.9 Å². The highest BCUT2D eigenvalue weighted by molar-refractivity contribution is 6.06. The lowest BCUT2D eigenvalue weighted by molar-refractivity contribution is 0.0842. The Kier molecular flexibility index (Phi) is 3.91. The second-order valence-electron chi connectivity index (χ2n) is 5.49. The van der Waals surface area contributed by atoms with E-state index in [1.54, 1.807) is 18.3 Å². The van der Waals surface area contributed by atoms with Gasteiger partial charge >= 0.3 is 0 Å². The Hall–Kier alpha value is -3.94. The number of amides is 2. The van der Waals surface area contributed by atoms with Crippen LogP contribution in [-0.2, 0) is 0 Å². The van der Waals surface area contributed by atoms with Gasteiger partial charge in [-0.15, -0.1) is 0 Å². The van der Waals surface area contributed by atoms with Gasteiger partial charge in [0, 0.05) is 17.0 Å². The molecular formula is C18H13N5O3. The number of carbonyl (C=O) groups excluding carboxylic acids is 2. The van der Waals surface area contributed by atoms with Gasteiger partial charge in [0.05, 0.1) is 17.3 Å². The number of carbonyl (C=O) groups is 2. The average molecular weight is 347 g/mol. The molecule has 3 N–H and O–H groups in total. The van der Waals surface area contributed by atoms with Crippen molar-refractivity contribution in [1.29, 1.82) is 0 Å². The minimum absolute atomic E-state index is 0.0592. The number of hydrazine groups is 1. The minimum Gasteiger partial charge on any atom is -0.355 e. The van der Waals surface area contributed by atoms with Crippen molar-refractivity contribution in [3.05, 3.63) is 72.1 Å². The first kappa shape index (κ1) is 15.6. The number of nitrogens with one attached hydrogen (secondary N) is 3. The van der Waals surface area contributed by atoms with E-state index >= 15 is 0 Å². The van der Waals surface area contributed by atoms with Gasteiger partial charge < -0.3 is 4.52 Å². The molecule has 2 amide bonds. The molecule has 0 saturated heterocycles. The van der Waals surface area contributed by atoms with Crippen LogP contribution < -0.4 is 10.9 Å². The Morgan fingerprint density at radius 3 is 2.62 bits per heavy atom. The van der Waals surface area contributed by atoms with E-state index in [1.165, 1.54) is 6.07 Å². The molecule has 0 fully saturated rings. The summed E-state index contributed by atoms with van der Waals surface area (Å²) in [6, 6.07) is 16.0. The summed E-state index contributed by atoms with van der Waals surface area (Å²) in [6.07, 6.45) is 1.62. The first-order valence-corrected chi connectivity index (χ1v) is 7.77. The summed E-state index contributed by atoms with van der Waals surface area (Å²) < 4.78 is 5.17. The first-order valence-electron chi connectivity index (χ1n) is 7.77. The molecule has 0 atom stereocenters. The topological polar surface area (TPSA) is 113 Å². The number of hydrogen-bond donors (Lipinski definition) is 3. The maximum Gasteiger partial charge on any atom is 0.291 e. The van der Waals surface area contributed by atoms with Gasteiger partial charge in [-0.05, 0) is 6.07 Å². The fourth-order valence-corrected chi connectivity index (χ4v) is 2.52. The molecule has 0 unspecified atom stereocenters. The van der Waals surface area contributed by atoms with Crippen LogP contribution in [-0.4, -0.2) is 27.2 Å². The third-order valence-corrected chi connectivity index (χ3v) is 3.81. The van der Waals surface area contributed by atoms with E-state index in [4.69, 9.17) is 4.52 Å². The molecule has 0 saturated carbocycles. The molecule has 2 aromatic heterocycles. The molecule has 8 nitrogen and oxygen atoms in total. The highest BCUT2D eigenvalue weighted by Gasteiger charge is 2.16. The van der Waals surface area contributed by atoms with Crippen LogP contribution in [0.4, 0.5) is 0 Å². The lowest BCUT2D eigenvalue weighted by atomic mass is 10.1. The van der Waals surface area contributed by atoms with Crippen LogP contribution in [0.3, 0.4) is 0 Å². The van der Waals surface area contributed by atoms with Crippen molar-refractivity contribution in [1.82, 2.24) is 26.2 Å². The normalized spacial score (nSPS) is 10.6. The van der Waals surface area contributed by atoms with Crippen molar-refractivity contribution >= 4 is 22.7 Å². The molecule has 2 aromatic carbocycles. The monoisotopic (exact) mass is 347 g/mol. The molecule has 4 aromatic rings. The van der Waals surface area contributed by atoms with E-state index in [9.17, 15) is 9.59 Å². The standard InChI is InChI=1S/C18H13N5O3/c24-17(13-8-4-7-12-10-19-20-16(12)13)21-22-18(25)14-9-15(26-23-14)11-5-2-1-3-6-11/h1-10H,(H,19,20)(H,21,24)(H,22,25). The van der Waals surface area contributed by atoms with E-state index in [-0.39, 0.29) is 5.69 Å². The number of benzene rings is 2. The summed E-state index contributed by atoms with van der Waals surface area (Å²) in [5, 5.41) is 11.2. The molecular weight excluding hydrogens is 334 g/mol. The number of aromatic nitrogens is 3. The summed E-state index contributed by atoms with van der Waals surface area (Å²) in [5.41, 5.74) is 6.50. The molecule has 4 rings (SSSR count). The molecule has 26 heavy (non-hydrogen) atoms. The van der Waals surface area contributed by atoms with Crippen molar-refractivity contribution < 1.29 is 14.1 Å². The molecule has 0 aliphatic rings. The van der Waals surface area contributed by atoms with Crippen LogP contribution in [0.25, 0.3) is 22.2 Å². The van der Waals surface area contributed by atoms with E-state index in [0.29, 0.717) is 16.8 Å². The second kappa shape index (κ2) is 6.52. The first-order chi connectivity index (χ1) is 12.7. The van der Waals surface area contributed by atoms with Crippen LogP contribution in [0.2, 0.25) is 0 Å². The maximum atomic E-state index is 12.3. The van der Waals surface area contributed by atoms with Gasteiger partial charge in [-0.1, -0.05) is 47.6 Å². The van der Waals surface area contributed by atoms with Crippen LogP contribution in [0.15, 0.2) is 65.3 Å². The van der Waals surface area contributed by atoms with Crippen LogP contribution in [0.5, 0.6) is 0 Å². The van der Waals surface area contributed by atoms with Crippen molar-refractivity contribution in [3.8, 4) is 11.3 Å². The van der Waals surface area contributed by atoms with Gasteiger partial charge in [0.15, 0.2) is 11.5 Å². The van der Waals surface area contributed by atoms with Crippen LogP contribution in [0, 0.1) is 0 Å². The number of fused-ring (bicyclic) bond motifs is 1. The van der Waals surface area contributed by atoms with Crippen molar-refractivity contribution in [2.75, 3.05) is 0 Å². The number of rotatable bonds is 3. The van der Waals surface area contributed by atoms with Gasteiger partial charge in [0.2, 0.25) is 0 Å². The largest absolute Gasteiger partial charge is 0.355 e. The second-order valence-corrected chi connectivity index (χ2v) is 5.49. The van der Waals surface area contributed by atoms with Crippen LogP contribution >= 0.6 is 0 Å². The predicted octanol–water partition coefficient (Wildman–Crippen LogP) is 2.29. The summed E-state index contributed by atoms with van der Waals surface area (Å²) in [5.74, 6) is -0.592. The van der Waals surface area contributed by atoms with E-state index in [1.807, 2.05) is 36.4 Å². The van der Waals surface area contributed by atoms with Gasteiger partial charge in [-0.2, -0.15) is 5.10 Å². The van der Waals surface area contributed by atoms with Crippen molar-refractivity contribution in [3.63, 3.8) is 0 Å². The third kappa shape index (κ3) is 2.91. The predicted molar refractivity (Wildman–Crippen MR) is 93.0 cm³/mol. The maximum absolute atomic E-state index is 12.3. The third-order valence-electron chi connectivity index (χ3n) is 3.81. The SMILES string of the molecule is O=C(NNC(=O)c1cccc2cn[nH]c12)c1cc(-c2ccccc2)on1. The zero-order chi connectivity index (χ0) is 17.9. The smallest absolute Gasteiger partial charge is 0.291 e. The number of nitrogens with zero attached hydrogens (tertiary/aromatic N) is 2. The Labute approximate surface area is 147 Å². The quantitative estimate of drug-likeness (QED) is 0.492. The molecule has 0 bridgehead atoms. The highest BCUT2D eigenvalue weighted by Crippen LogP contribution is 2.19. The molecule has 8 heteroatoms. The fraction of sp³-hybridized carbons (Fsp3) is 0. The summed E-state index contributed by atoms with van der Waals surface area (Å²) in [7, 11) is 0. The Balaban J connectivity index is 1.45. The highest BCUT2D eigenvalue weighted by atomic mass is 16.5. The van der Waals surface area contributed by atoms with Gasteiger partial charge in [-0.25, -0.2) is 0 Å². The average Bonchev–Trinajstić information content (AvgIpc) is 3.35. The van der Waals surface area contributed by atoms with Crippen molar-refractivity contribution in [2.24, 2.45) is 0 Å². The fourth-order valence-electron chi connectivity index (χ4n) is 2.52. The zero-order valence-electron chi connectivity index (χ0n) is 13.4. The van der Waals surface area contributed by atoms with Gasteiger partial charge in [0.25, 0.3) is 11.8 Å². The summed E-state index contributed by atoms with van der Waals surface area (Å²) in [4.78, 5) is 24.5.